The van der Waals surface area contributed by atoms with Crippen LogP contribution in [0.3, 0.4) is 0 Å². The number of nitrogen functional groups attached to an aromatic ring is 1. The first kappa shape index (κ1) is 20.7. The van der Waals surface area contributed by atoms with E-state index in [1.807, 2.05) is 12.1 Å². The van der Waals surface area contributed by atoms with Crippen LogP contribution >= 0.6 is 11.6 Å². The molecule has 1 aliphatic rings. The highest BCUT2D eigenvalue weighted by atomic mass is 35.5. The molecule has 0 aliphatic heterocycles. The molecule has 8 heteroatoms. The van der Waals surface area contributed by atoms with E-state index < -0.39 is 11.8 Å². The summed E-state index contributed by atoms with van der Waals surface area (Å²) < 4.78 is 13.3. The summed E-state index contributed by atoms with van der Waals surface area (Å²) >= 11 is 5.75. The first-order valence-electron chi connectivity index (χ1n) is 9.72. The van der Waals surface area contributed by atoms with Crippen molar-refractivity contribution in [2.75, 3.05) is 16.4 Å². The highest BCUT2D eigenvalue weighted by molar-refractivity contribution is 6.31. The smallest absolute Gasteiger partial charge is 0.319 e. The van der Waals surface area contributed by atoms with E-state index in [0.717, 1.165) is 17.5 Å². The number of rotatable bonds is 4. The van der Waals surface area contributed by atoms with Crippen LogP contribution in [0.5, 0.6) is 0 Å². The number of nitrogens with one attached hydrogen (secondary N) is 3. The second-order valence-electron chi connectivity index (χ2n) is 7.27. The van der Waals surface area contributed by atoms with E-state index in [1.165, 1.54) is 18.2 Å². The number of carbonyl (C=O) groups excluding carboxylic acids is 2. The van der Waals surface area contributed by atoms with E-state index in [-0.39, 0.29) is 17.0 Å². The number of hydrogen-bond donors (Lipinski definition) is 4. The molecule has 158 valence electrons. The van der Waals surface area contributed by atoms with Gasteiger partial charge in [-0.05, 0) is 66.4 Å². The van der Waals surface area contributed by atoms with Gasteiger partial charge in [0, 0.05) is 11.3 Å². The van der Waals surface area contributed by atoms with E-state index in [4.69, 9.17) is 17.3 Å². The van der Waals surface area contributed by atoms with E-state index in [0.29, 0.717) is 29.0 Å². The summed E-state index contributed by atoms with van der Waals surface area (Å²) in [6.07, 6.45) is 1.45. The number of anilines is 3. The first-order chi connectivity index (χ1) is 14.9. The summed E-state index contributed by atoms with van der Waals surface area (Å²) in [6, 6.07) is 15.9. The maximum atomic E-state index is 13.3. The second kappa shape index (κ2) is 8.65. The van der Waals surface area contributed by atoms with Gasteiger partial charge in [-0.3, -0.25) is 4.79 Å². The molecule has 0 aromatic heterocycles. The zero-order valence-corrected chi connectivity index (χ0v) is 17.2. The van der Waals surface area contributed by atoms with Gasteiger partial charge in [-0.2, -0.15) is 0 Å². The molecule has 0 saturated heterocycles. The molecule has 0 bridgehead atoms. The third-order valence-electron chi connectivity index (χ3n) is 5.17. The lowest BCUT2D eigenvalue weighted by Gasteiger charge is -2.15. The first-order valence-corrected chi connectivity index (χ1v) is 10.1. The molecule has 3 amide bonds. The zero-order valence-electron chi connectivity index (χ0n) is 16.4. The fraction of sp³-hybridized carbons (Fsp3) is 0.130. The van der Waals surface area contributed by atoms with Crippen LogP contribution in [0.4, 0.5) is 26.2 Å². The van der Waals surface area contributed by atoms with Crippen molar-refractivity contribution in [3.05, 3.63) is 88.2 Å². The van der Waals surface area contributed by atoms with Gasteiger partial charge in [-0.25, -0.2) is 9.18 Å². The van der Waals surface area contributed by atoms with Gasteiger partial charge >= 0.3 is 6.03 Å². The van der Waals surface area contributed by atoms with Crippen LogP contribution in [-0.4, -0.2) is 11.9 Å². The Bertz CT molecular complexity index is 1170. The van der Waals surface area contributed by atoms with Crippen molar-refractivity contribution in [1.29, 1.82) is 0 Å². The largest absolute Gasteiger partial charge is 0.397 e. The molecule has 0 saturated carbocycles. The van der Waals surface area contributed by atoms with Gasteiger partial charge in [-0.15, -0.1) is 0 Å². The maximum Gasteiger partial charge on any atom is 0.319 e. The Morgan fingerprint density at radius 2 is 1.84 bits per heavy atom. The Kier molecular flexibility index (Phi) is 5.77. The minimum absolute atomic E-state index is 0.0629. The van der Waals surface area contributed by atoms with E-state index in [1.54, 1.807) is 30.3 Å². The average Bonchev–Trinajstić information content (AvgIpc) is 3.14. The van der Waals surface area contributed by atoms with E-state index >= 15 is 0 Å². The molecule has 3 aromatic carbocycles. The highest BCUT2D eigenvalue weighted by Gasteiger charge is 2.25. The SMILES string of the molecule is Nc1ccccc1NC(=O)c1ccc2c(c1)CCC2NC(=O)Nc1ccc(F)c(Cl)c1. The number of amides is 3. The number of urea groups is 1. The van der Waals surface area contributed by atoms with Gasteiger partial charge in [0.05, 0.1) is 22.4 Å². The van der Waals surface area contributed by atoms with Crippen molar-refractivity contribution in [3.8, 4) is 0 Å². The minimum Gasteiger partial charge on any atom is -0.397 e. The predicted molar refractivity (Wildman–Crippen MR) is 120 cm³/mol. The van der Waals surface area contributed by atoms with Gasteiger partial charge in [0.15, 0.2) is 0 Å². The molecule has 1 atom stereocenters. The Morgan fingerprint density at radius 1 is 1.03 bits per heavy atom. The molecule has 0 heterocycles. The number of para-hydroxylation sites is 2. The van der Waals surface area contributed by atoms with Gasteiger partial charge in [0.1, 0.15) is 5.82 Å². The number of nitrogens with two attached hydrogens (primary N) is 1. The number of carbonyl (C=O) groups is 2. The third-order valence-corrected chi connectivity index (χ3v) is 5.46. The molecule has 5 N–H and O–H groups in total. The summed E-state index contributed by atoms with van der Waals surface area (Å²) in [7, 11) is 0. The van der Waals surface area contributed by atoms with Crippen LogP contribution in [0, 0.1) is 5.82 Å². The molecule has 0 radical (unpaired) electrons. The fourth-order valence-corrected chi connectivity index (χ4v) is 3.79. The van der Waals surface area contributed by atoms with Crippen LogP contribution in [0.25, 0.3) is 0 Å². The lowest BCUT2D eigenvalue weighted by atomic mass is 10.0. The highest BCUT2D eigenvalue weighted by Crippen LogP contribution is 2.32. The Hall–Kier alpha value is -3.58. The van der Waals surface area contributed by atoms with Crippen molar-refractivity contribution in [3.63, 3.8) is 0 Å². The molecule has 3 aromatic rings. The van der Waals surface area contributed by atoms with Crippen LogP contribution < -0.4 is 21.7 Å². The molecule has 1 aliphatic carbocycles. The maximum absolute atomic E-state index is 13.3. The van der Waals surface area contributed by atoms with Crippen LogP contribution in [0.2, 0.25) is 5.02 Å². The minimum atomic E-state index is -0.549. The Balaban J connectivity index is 1.42. The third kappa shape index (κ3) is 4.62. The predicted octanol–water partition coefficient (Wildman–Crippen LogP) is 5.12. The molecule has 0 fully saturated rings. The van der Waals surface area contributed by atoms with Crippen molar-refractivity contribution in [2.24, 2.45) is 0 Å². The summed E-state index contributed by atoms with van der Waals surface area (Å²) in [6.45, 7) is 0. The van der Waals surface area contributed by atoms with Gasteiger partial charge in [-0.1, -0.05) is 29.8 Å². The summed E-state index contributed by atoms with van der Waals surface area (Å²) in [5.74, 6) is -0.796. The number of hydrogen-bond acceptors (Lipinski definition) is 3. The number of fused-ring (bicyclic) bond motifs is 1. The van der Waals surface area contributed by atoms with Crippen LogP contribution in [-0.2, 0) is 6.42 Å². The zero-order chi connectivity index (χ0) is 22.0. The molecular formula is C23H20ClFN4O2. The second-order valence-corrected chi connectivity index (χ2v) is 7.68. The fourth-order valence-electron chi connectivity index (χ4n) is 3.61. The Labute approximate surface area is 183 Å². The number of aryl methyl sites for hydroxylation is 1. The monoisotopic (exact) mass is 438 g/mol. The van der Waals surface area contributed by atoms with Crippen molar-refractivity contribution < 1.29 is 14.0 Å². The molecule has 0 spiro atoms. The molecule has 31 heavy (non-hydrogen) atoms. The van der Waals surface area contributed by atoms with Crippen molar-refractivity contribution >= 4 is 40.6 Å². The summed E-state index contributed by atoms with van der Waals surface area (Å²) in [4.78, 5) is 24.9. The van der Waals surface area contributed by atoms with Crippen LogP contribution in [0.1, 0.15) is 33.9 Å². The lowest BCUT2D eigenvalue weighted by molar-refractivity contribution is 0.102. The van der Waals surface area contributed by atoms with Gasteiger partial charge < -0.3 is 21.7 Å². The number of halogens is 2. The topological polar surface area (TPSA) is 96.2 Å². The lowest BCUT2D eigenvalue weighted by Crippen LogP contribution is -2.31. The molecule has 6 nitrogen and oxygen atoms in total. The standard InChI is InChI=1S/C23H20ClFN4O2/c24-17-12-15(7-9-18(17)25)27-23(31)29-20-10-6-13-11-14(5-8-16(13)20)22(30)28-21-4-2-1-3-19(21)26/h1-5,7-9,11-12,20H,6,10,26H2,(H,28,30)(H2,27,29,31). The van der Waals surface area contributed by atoms with Gasteiger partial charge in [0.25, 0.3) is 5.91 Å². The normalized spacial score (nSPS) is 14.6. The number of benzene rings is 3. The molecule has 1 unspecified atom stereocenters. The average molecular weight is 439 g/mol. The summed E-state index contributed by atoms with van der Waals surface area (Å²) in [5.41, 5.74) is 9.82. The summed E-state index contributed by atoms with van der Waals surface area (Å²) in [5, 5.41) is 8.32. The van der Waals surface area contributed by atoms with E-state index in [9.17, 15) is 14.0 Å². The molecular weight excluding hydrogens is 419 g/mol. The van der Waals surface area contributed by atoms with Crippen molar-refractivity contribution in [1.82, 2.24) is 5.32 Å². The van der Waals surface area contributed by atoms with Crippen LogP contribution in [0.15, 0.2) is 60.7 Å². The molecule has 4 rings (SSSR count). The van der Waals surface area contributed by atoms with E-state index in [2.05, 4.69) is 16.0 Å². The Morgan fingerprint density at radius 3 is 2.61 bits per heavy atom. The van der Waals surface area contributed by atoms with Crippen molar-refractivity contribution in [2.45, 2.75) is 18.9 Å². The quantitative estimate of drug-likeness (QED) is 0.425. The van der Waals surface area contributed by atoms with Gasteiger partial charge in [0.2, 0.25) is 0 Å².